The minimum Gasteiger partial charge on any atom is -0.488 e. The fourth-order valence-electron chi connectivity index (χ4n) is 3.30. The van der Waals surface area contributed by atoms with Crippen LogP contribution in [-0.2, 0) is 22.7 Å². The molecule has 1 fully saturated rings. The molecule has 1 unspecified atom stereocenters. The Balaban J connectivity index is 1.57. The molecule has 1 heterocycles. The molecule has 0 radical (unpaired) electrons. The number of rotatable bonds is 6. The van der Waals surface area contributed by atoms with Crippen LogP contribution in [0.3, 0.4) is 0 Å². The summed E-state index contributed by atoms with van der Waals surface area (Å²) in [6.45, 7) is 8.72. The lowest BCUT2D eigenvalue weighted by molar-refractivity contribution is -0.159. The van der Waals surface area contributed by atoms with Gasteiger partial charge in [-0.2, -0.15) is 0 Å². The van der Waals surface area contributed by atoms with Crippen molar-refractivity contribution in [3.8, 4) is 5.75 Å². The molecule has 1 atom stereocenters. The van der Waals surface area contributed by atoms with Crippen LogP contribution in [0.25, 0.3) is 0 Å². The summed E-state index contributed by atoms with van der Waals surface area (Å²) in [6, 6.07) is 16.3. The minimum atomic E-state index is -0.429. The number of nitrogens with zero attached hydrogens (tertiary/aromatic N) is 1. The largest absolute Gasteiger partial charge is 0.488 e. The van der Waals surface area contributed by atoms with E-state index in [1.54, 1.807) is 0 Å². The van der Waals surface area contributed by atoms with Gasteiger partial charge in [-0.25, -0.2) is 0 Å². The third-order valence-electron chi connectivity index (χ3n) is 4.65. The normalized spacial score (nSPS) is 17.5. The molecule has 0 aromatic heterocycles. The Morgan fingerprint density at radius 3 is 2.61 bits per heavy atom. The predicted molar refractivity (Wildman–Crippen MR) is 114 cm³/mol. The fourth-order valence-corrected chi connectivity index (χ4v) is 3.67. The van der Waals surface area contributed by atoms with Crippen molar-refractivity contribution in [3.05, 3.63) is 64.1 Å². The van der Waals surface area contributed by atoms with E-state index in [0.717, 1.165) is 41.8 Å². The van der Waals surface area contributed by atoms with Crippen molar-refractivity contribution in [2.75, 3.05) is 13.1 Å². The summed E-state index contributed by atoms with van der Waals surface area (Å²) in [5.41, 5.74) is 1.89. The van der Waals surface area contributed by atoms with Crippen molar-refractivity contribution in [2.45, 2.75) is 45.9 Å². The zero-order valence-corrected chi connectivity index (χ0v) is 18.4. The summed E-state index contributed by atoms with van der Waals surface area (Å²) < 4.78 is 12.5. The van der Waals surface area contributed by atoms with Crippen molar-refractivity contribution in [2.24, 2.45) is 5.92 Å². The van der Waals surface area contributed by atoms with E-state index in [1.165, 1.54) is 5.56 Å². The molecule has 0 aliphatic carbocycles. The molecule has 5 heteroatoms. The van der Waals surface area contributed by atoms with Gasteiger partial charge in [0.2, 0.25) is 0 Å². The topological polar surface area (TPSA) is 38.8 Å². The highest BCUT2D eigenvalue weighted by atomic mass is 79.9. The first-order valence-corrected chi connectivity index (χ1v) is 10.5. The van der Waals surface area contributed by atoms with Crippen LogP contribution >= 0.6 is 15.9 Å². The molecule has 2 aromatic carbocycles. The van der Waals surface area contributed by atoms with Crippen LogP contribution in [0.4, 0.5) is 0 Å². The van der Waals surface area contributed by atoms with Crippen molar-refractivity contribution < 1.29 is 14.3 Å². The Hall–Kier alpha value is -1.85. The molecule has 0 N–H and O–H groups in total. The van der Waals surface area contributed by atoms with Gasteiger partial charge in [-0.1, -0.05) is 36.4 Å². The average molecular weight is 446 g/mol. The standard InChI is InChI=1S/C23H28BrNO3/c1-23(2,3)28-22(26)19-11-12-25(15-19)14-18-9-10-20(24)21(13-18)27-16-17-7-5-4-6-8-17/h4-10,13,19H,11-12,14-16H2,1-3H3. The Kier molecular flexibility index (Phi) is 6.78. The molecule has 1 saturated heterocycles. The first-order valence-electron chi connectivity index (χ1n) is 9.70. The molecule has 0 amide bonds. The summed E-state index contributed by atoms with van der Waals surface area (Å²) in [5, 5.41) is 0. The van der Waals surface area contributed by atoms with Gasteiger partial charge in [-0.3, -0.25) is 9.69 Å². The molecule has 1 aliphatic heterocycles. The van der Waals surface area contributed by atoms with Gasteiger partial charge in [0.25, 0.3) is 0 Å². The summed E-state index contributed by atoms with van der Waals surface area (Å²) in [7, 11) is 0. The second kappa shape index (κ2) is 9.10. The maximum atomic E-state index is 12.3. The van der Waals surface area contributed by atoms with Crippen LogP contribution in [0, 0.1) is 5.92 Å². The Bertz CT molecular complexity index is 801. The molecular weight excluding hydrogens is 418 g/mol. The van der Waals surface area contributed by atoms with Crippen molar-refractivity contribution in [1.29, 1.82) is 0 Å². The number of benzene rings is 2. The number of hydrogen-bond acceptors (Lipinski definition) is 4. The van der Waals surface area contributed by atoms with Crippen LogP contribution in [-0.4, -0.2) is 29.6 Å². The summed E-state index contributed by atoms with van der Waals surface area (Å²) >= 11 is 3.57. The number of ether oxygens (including phenoxy) is 2. The van der Waals surface area contributed by atoms with Gasteiger partial charge in [0.05, 0.1) is 10.4 Å². The molecule has 0 spiro atoms. The molecule has 1 aliphatic rings. The lowest BCUT2D eigenvalue weighted by Crippen LogP contribution is -2.30. The highest BCUT2D eigenvalue weighted by Crippen LogP contribution is 2.29. The number of hydrogen-bond donors (Lipinski definition) is 0. The van der Waals surface area contributed by atoms with Crippen LogP contribution in [0.1, 0.15) is 38.3 Å². The van der Waals surface area contributed by atoms with Crippen LogP contribution in [0.5, 0.6) is 5.75 Å². The van der Waals surface area contributed by atoms with E-state index in [9.17, 15) is 4.79 Å². The molecule has 0 bridgehead atoms. The summed E-state index contributed by atoms with van der Waals surface area (Å²) in [4.78, 5) is 14.6. The zero-order valence-electron chi connectivity index (χ0n) is 16.8. The molecule has 4 nitrogen and oxygen atoms in total. The van der Waals surface area contributed by atoms with Gasteiger partial charge < -0.3 is 9.47 Å². The second-order valence-corrected chi connectivity index (χ2v) is 9.15. The summed E-state index contributed by atoms with van der Waals surface area (Å²) in [6.07, 6.45) is 0.850. The van der Waals surface area contributed by atoms with Crippen LogP contribution in [0.2, 0.25) is 0 Å². The van der Waals surface area contributed by atoms with E-state index < -0.39 is 5.60 Å². The predicted octanol–water partition coefficient (Wildman–Crippen LogP) is 5.19. The van der Waals surface area contributed by atoms with Crippen molar-refractivity contribution >= 4 is 21.9 Å². The van der Waals surface area contributed by atoms with E-state index in [1.807, 2.05) is 45.0 Å². The number of likely N-dealkylation sites (tertiary alicyclic amines) is 1. The highest BCUT2D eigenvalue weighted by Gasteiger charge is 2.31. The molecule has 2 aromatic rings. The van der Waals surface area contributed by atoms with Crippen LogP contribution in [0.15, 0.2) is 53.0 Å². The van der Waals surface area contributed by atoms with Crippen LogP contribution < -0.4 is 4.74 Å². The average Bonchev–Trinajstić information content (AvgIpc) is 3.10. The smallest absolute Gasteiger partial charge is 0.310 e. The van der Waals surface area contributed by atoms with E-state index in [0.29, 0.717) is 6.61 Å². The quantitative estimate of drug-likeness (QED) is 0.573. The third-order valence-corrected chi connectivity index (χ3v) is 5.31. The number of carbonyl (C=O) groups excluding carboxylic acids is 1. The minimum absolute atomic E-state index is 0.0384. The molecule has 150 valence electrons. The van der Waals surface area contributed by atoms with E-state index in [-0.39, 0.29) is 11.9 Å². The highest BCUT2D eigenvalue weighted by molar-refractivity contribution is 9.10. The van der Waals surface area contributed by atoms with Gasteiger partial charge in [0.1, 0.15) is 18.0 Å². The molecule has 3 rings (SSSR count). The van der Waals surface area contributed by atoms with Gasteiger partial charge in [0.15, 0.2) is 0 Å². The van der Waals surface area contributed by atoms with Gasteiger partial charge in [-0.15, -0.1) is 0 Å². The number of halogens is 1. The first kappa shape index (κ1) is 20.9. The second-order valence-electron chi connectivity index (χ2n) is 8.29. The monoisotopic (exact) mass is 445 g/mol. The van der Waals surface area contributed by atoms with Gasteiger partial charge in [-0.05, 0) is 72.9 Å². The van der Waals surface area contributed by atoms with Crippen molar-refractivity contribution in [1.82, 2.24) is 4.90 Å². The lowest BCUT2D eigenvalue weighted by Gasteiger charge is -2.22. The maximum absolute atomic E-state index is 12.3. The molecular formula is C23H28BrNO3. The van der Waals surface area contributed by atoms with E-state index >= 15 is 0 Å². The Labute approximate surface area is 176 Å². The number of esters is 1. The first-order chi connectivity index (χ1) is 13.3. The lowest BCUT2D eigenvalue weighted by atomic mass is 10.1. The Morgan fingerprint density at radius 1 is 1.14 bits per heavy atom. The third kappa shape index (κ3) is 6.08. The Morgan fingerprint density at radius 2 is 1.89 bits per heavy atom. The van der Waals surface area contributed by atoms with Gasteiger partial charge in [0, 0.05) is 13.1 Å². The SMILES string of the molecule is CC(C)(C)OC(=O)C1CCN(Cc2ccc(Br)c(OCc3ccccc3)c2)C1. The maximum Gasteiger partial charge on any atom is 0.310 e. The number of carbonyl (C=O) groups is 1. The molecule has 0 saturated carbocycles. The zero-order chi connectivity index (χ0) is 20.1. The van der Waals surface area contributed by atoms with Gasteiger partial charge >= 0.3 is 5.97 Å². The van der Waals surface area contributed by atoms with E-state index in [2.05, 4.69) is 45.1 Å². The van der Waals surface area contributed by atoms with E-state index in [4.69, 9.17) is 9.47 Å². The fraction of sp³-hybridized carbons (Fsp3) is 0.435. The summed E-state index contributed by atoms with van der Waals surface area (Å²) in [5.74, 6) is 0.713. The van der Waals surface area contributed by atoms with Crippen molar-refractivity contribution in [3.63, 3.8) is 0 Å². The molecule has 28 heavy (non-hydrogen) atoms.